The zero-order valence-corrected chi connectivity index (χ0v) is 23.9. The number of anilines is 3. The van der Waals surface area contributed by atoms with Crippen LogP contribution >= 0.6 is 0 Å². The van der Waals surface area contributed by atoms with E-state index >= 15 is 0 Å². The Hall–Kier alpha value is -5.24. The van der Waals surface area contributed by atoms with E-state index in [-0.39, 0.29) is 23.9 Å². The number of rotatable bonds is 6. The number of amides is 1. The van der Waals surface area contributed by atoms with E-state index < -0.39 is 0 Å². The van der Waals surface area contributed by atoms with Crippen molar-refractivity contribution in [3.05, 3.63) is 101 Å². The first-order chi connectivity index (χ1) is 20.2. The maximum Gasteiger partial charge on any atom is 0.255 e. The van der Waals surface area contributed by atoms with Gasteiger partial charge in [0.15, 0.2) is 11.5 Å². The Morgan fingerprint density at radius 2 is 1.76 bits per heavy atom. The van der Waals surface area contributed by atoms with Gasteiger partial charge in [0.1, 0.15) is 5.75 Å². The second-order valence-electron chi connectivity index (χ2n) is 11.3. The SMILES string of the molecule is CN(c1cccc(NC(=O)c2ccc(O)c(C(C)(C)C)c2)c1)c1ccc2c(/C=C/c3ccc4c(c3)OCO4)n[nH]c2c1. The molecule has 0 unspecified atom stereocenters. The smallest absolute Gasteiger partial charge is 0.255 e. The first kappa shape index (κ1) is 27.0. The lowest BCUT2D eigenvalue weighted by Crippen LogP contribution is -2.16. The van der Waals surface area contributed by atoms with E-state index in [2.05, 4.69) is 26.5 Å². The predicted molar refractivity (Wildman–Crippen MR) is 167 cm³/mol. The van der Waals surface area contributed by atoms with Gasteiger partial charge in [-0.1, -0.05) is 39.0 Å². The van der Waals surface area contributed by atoms with E-state index in [0.717, 1.165) is 50.6 Å². The molecule has 0 saturated carbocycles. The van der Waals surface area contributed by atoms with Gasteiger partial charge in [0.2, 0.25) is 6.79 Å². The van der Waals surface area contributed by atoms with Crippen LogP contribution in [0.25, 0.3) is 23.1 Å². The Balaban J connectivity index is 1.18. The van der Waals surface area contributed by atoms with Crippen LogP contribution in [0.4, 0.5) is 17.1 Å². The Morgan fingerprint density at radius 3 is 2.60 bits per heavy atom. The van der Waals surface area contributed by atoms with Crippen molar-refractivity contribution in [2.45, 2.75) is 26.2 Å². The number of ether oxygens (including phenoxy) is 2. The van der Waals surface area contributed by atoms with Crippen molar-refractivity contribution in [3.63, 3.8) is 0 Å². The highest BCUT2D eigenvalue weighted by molar-refractivity contribution is 6.04. The van der Waals surface area contributed by atoms with Crippen molar-refractivity contribution in [1.29, 1.82) is 0 Å². The summed E-state index contributed by atoms with van der Waals surface area (Å²) in [4.78, 5) is 15.1. The number of carbonyl (C=O) groups is 1. The number of benzene rings is 4. The standard InChI is InChI=1S/C34H32N4O4/c1-34(2,3)27-17-22(10-14-30(27)39)33(40)35-23-6-5-7-24(18-23)38(4)25-11-12-26-28(36-37-29(26)19-25)13-8-21-9-15-31-32(16-21)42-20-41-31/h5-19,39H,20H2,1-4H3,(H,35,40)(H,36,37)/b13-8+. The molecule has 8 heteroatoms. The van der Waals surface area contributed by atoms with Gasteiger partial charge < -0.3 is 24.8 Å². The minimum Gasteiger partial charge on any atom is -0.508 e. The summed E-state index contributed by atoms with van der Waals surface area (Å²) in [5.41, 5.74) is 6.23. The molecule has 1 amide bonds. The molecular weight excluding hydrogens is 528 g/mol. The number of phenolic OH excluding ortho intramolecular Hbond substituents is 1. The number of nitrogens with one attached hydrogen (secondary N) is 2. The van der Waals surface area contributed by atoms with E-state index in [0.29, 0.717) is 11.3 Å². The van der Waals surface area contributed by atoms with Crippen LogP contribution in [-0.2, 0) is 5.41 Å². The summed E-state index contributed by atoms with van der Waals surface area (Å²) in [6.07, 6.45) is 3.98. The summed E-state index contributed by atoms with van der Waals surface area (Å²) >= 11 is 0. The molecule has 212 valence electrons. The van der Waals surface area contributed by atoms with Crippen molar-refractivity contribution in [2.75, 3.05) is 24.1 Å². The molecule has 3 N–H and O–H groups in total. The second kappa shape index (κ2) is 10.6. The average molecular weight is 561 g/mol. The Labute approximate surface area is 244 Å². The maximum atomic E-state index is 13.1. The first-order valence-electron chi connectivity index (χ1n) is 13.7. The Morgan fingerprint density at radius 1 is 0.952 bits per heavy atom. The van der Waals surface area contributed by atoms with Crippen LogP contribution in [0, 0.1) is 0 Å². The van der Waals surface area contributed by atoms with Crippen LogP contribution in [0.1, 0.15) is 48.0 Å². The molecule has 0 aliphatic carbocycles. The van der Waals surface area contributed by atoms with Crippen molar-refractivity contribution < 1.29 is 19.4 Å². The molecule has 1 aromatic heterocycles. The summed E-state index contributed by atoms with van der Waals surface area (Å²) in [5.74, 6) is 1.45. The molecule has 4 aromatic carbocycles. The third kappa shape index (κ3) is 5.39. The first-order valence-corrected chi connectivity index (χ1v) is 13.7. The highest BCUT2D eigenvalue weighted by atomic mass is 16.7. The molecule has 6 rings (SSSR count). The monoisotopic (exact) mass is 560 g/mol. The van der Waals surface area contributed by atoms with E-state index in [9.17, 15) is 9.90 Å². The predicted octanol–water partition coefficient (Wildman–Crippen LogP) is 7.49. The summed E-state index contributed by atoms with van der Waals surface area (Å²) in [6, 6.07) is 24.6. The zero-order chi connectivity index (χ0) is 29.4. The van der Waals surface area contributed by atoms with Gasteiger partial charge in [-0.2, -0.15) is 5.10 Å². The maximum absolute atomic E-state index is 13.1. The molecule has 0 bridgehead atoms. The van der Waals surface area contributed by atoms with Crippen LogP contribution < -0.4 is 19.7 Å². The van der Waals surface area contributed by atoms with Gasteiger partial charge in [0, 0.05) is 40.6 Å². The number of aromatic amines is 1. The van der Waals surface area contributed by atoms with Gasteiger partial charge in [-0.25, -0.2) is 0 Å². The van der Waals surface area contributed by atoms with E-state index in [4.69, 9.17) is 9.47 Å². The molecule has 42 heavy (non-hydrogen) atoms. The van der Waals surface area contributed by atoms with Crippen molar-refractivity contribution >= 4 is 46.0 Å². The van der Waals surface area contributed by atoms with Crippen LogP contribution in [0.2, 0.25) is 0 Å². The minimum absolute atomic E-state index is 0.185. The average Bonchev–Trinajstić information content (AvgIpc) is 3.61. The normalized spacial score (nSPS) is 12.7. The number of aromatic nitrogens is 2. The van der Waals surface area contributed by atoms with E-state index in [1.54, 1.807) is 18.2 Å². The molecule has 1 aliphatic heterocycles. The molecule has 8 nitrogen and oxygen atoms in total. The van der Waals surface area contributed by atoms with Gasteiger partial charge in [-0.15, -0.1) is 0 Å². The number of H-pyrrole nitrogens is 1. The summed E-state index contributed by atoms with van der Waals surface area (Å²) < 4.78 is 10.9. The molecule has 5 aromatic rings. The van der Waals surface area contributed by atoms with Gasteiger partial charge in [-0.3, -0.25) is 9.89 Å². The fraction of sp³-hybridized carbons (Fsp3) is 0.176. The number of hydrogen-bond donors (Lipinski definition) is 3. The molecule has 0 atom stereocenters. The largest absolute Gasteiger partial charge is 0.508 e. The Bertz CT molecular complexity index is 1830. The van der Waals surface area contributed by atoms with E-state index in [1.807, 2.05) is 94.6 Å². The third-order valence-electron chi connectivity index (χ3n) is 7.35. The lowest BCUT2D eigenvalue weighted by atomic mass is 9.85. The molecule has 2 heterocycles. The van der Waals surface area contributed by atoms with Gasteiger partial charge >= 0.3 is 0 Å². The second-order valence-corrected chi connectivity index (χ2v) is 11.3. The number of fused-ring (bicyclic) bond motifs is 2. The van der Waals surface area contributed by atoms with Gasteiger partial charge in [0.05, 0.1) is 11.2 Å². The lowest BCUT2D eigenvalue weighted by molar-refractivity contribution is 0.102. The Kier molecular flexibility index (Phi) is 6.82. The van der Waals surface area contributed by atoms with Crippen molar-refractivity contribution in [2.24, 2.45) is 0 Å². The van der Waals surface area contributed by atoms with Crippen LogP contribution in [0.15, 0.2) is 78.9 Å². The molecule has 1 aliphatic rings. The molecule has 0 fully saturated rings. The molecule has 0 saturated heterocycles. The van der Waals surface area contributed by atoms with Crippen molar-refractivity contribution in [3.8, 4) is 17.2 Å². The summed E-state index contributed by atoms with van der Waals surface area (Å²) in [6.45, 7) is 6.26. The number of nitrogens with zero attached hydrogens (tertiary/aromatic N) is 2. The highest BCUT2D eigenvalue weighted by Crippen LogP contribution is 2.34. The van der Waals surface area contributed by atoms with Gasteiger partial charge in [-0.05, 0) is 83.8 Å². The van der Waals surface area contributed by atoms with Crippen LogP contribution in [-0.4, -0.2) is 35.1 Å². The van der Waals surface area contributed by atoms with E-state index in [1.165, 1.54) is 0 Å². The fourth-order valence-electron chi connectivity index (χ4n) is 4.98. The minimum atomic E-state index is -0.289. The fourth-order valence-corrected chi connectivity index (χ4v) is 4.98. The molecular formula is C34H32N4O4. The molecule has 0 spiro atoms. The quantitative estimate of drug-likeness (QED) is 0.199. The number of phenols is 1. The number of hydrogen-bond acceptors (Lipinski definition) is 6. The van der Waals surface area contributed by atoms with Gasteiger partial charge in [0.25, 0.3) is 5.91 Å². The van der Waals surface area contributed by atoms with Crippen LogP contribution in [0.5, 0.6) is 17.2 Å². The highest BCUT2D eigenvalue weighted by Gasteiger charge is 2.20. The zero-order valence-electron chi connectivity index (χ0n) is 23.9. The lowest BCUT2D eigenvalue weighted by Gasteiger charge is -2.21. The summed E-state index contributed by atoms with van der Waals surface area (Å²) in [7, 11) is 1.98. The van der Waals surface area contributed by atoms with Crippen molar-refractivity contribution in [1.82, 2.24) is 10.2 Å². The molecule has 0 radical (unpaired) electrons. The van der Waals surface area contributed by atoms with Crippen LogP contribution in [0.3, 0.4) is 0 Å². The number of aromatic hydroxyl groups is 1. The topological polar surface area (TPSA) is 99.7 Å². The number of carbonyl (C=O) groups excluding carboxylic acids is 1. The summed E-state index contributed by atoms with van der Waals surface area (Å²) in [5, 5.41) is 21.9. The third-order valence-corrected chi connectivity index (χ3v) is 7.35.